The van der Waals surface area contributed by atoms with Crippen LogP contribution in [-0.4, -0.2) is 17.9 Å². The second-order valence-corrected chi connectivity index (χ2v) is 3.91. The fraction of sp³-hybridized carbons (Fsp3) is 0.300. The first-order chi connectivity index (χ1) is 6.74. The van der Waals surface area contributed by atoms with Crippen molar-refractivity contribution >= 4 is 33.5 Å². The van der Waals surface area contributed by atoms with Crippen molar-refractivity contribution in [2.45, 2.75) is 6.42 Å². The van der Waals surface area contributed by atoms with E-state index in [4.69, 9.17) is 16.3 Å². The number of esters is 1. The number of alkyl halides is 1. The summed E-state index contributed by atoms with van der Waals surface area (Å²) in [6.07, 6.45) is 0.819. The predicted octanol–water partition coefficient (Wildman–Crippen LogP) is 3.28. The number of rotatable bonds is 4. The van der Waals surface area contributed by atoms with Gasteiger partial charge in [0.05, 0.1) is 12.2 Å². The van der Waals surface area contributed by atoms with E-state index < -0.39 is 0 Å². The van der Waals surface area contributed by atoms with E-state index in [2.05, 4.69) is 15.9 Å². The van der Waals surface area contributed by atoms with Crippen LogP contribution in [0.2, 0.25) is 5.02 Å². The molecule has 0 unspecified atom stereocenters. The van der Waals surface area contributed by atoms with Crippen molar-refractivity contribution in [3.8, 4) is 0 Å². The molecule has 0 aliphatic heterocycles. The van der Waals surface area contributed by atoms with Crippen molar-refractivity contribution in [3.63, 3.8) is 0 Å². The SMILES string of the molecule is O=C(OCCCBr)c1ccc(Cl)cc1. The lowest BCUT2D eigenvalue weighted by Crippen LogP contribution is -2.06. The minimum Gasteiger partial charge on any atom is -0.462 e. The molecular weight excluding hydrogens is 267 g/mol. The molecular formula is C10H10BrClO2. The van der Waals surface area contributed by atoms with Gasteiger partial charge >= 0.3 is 5.97 Å². The van der Waals surface area contributed by atoms with Gasteiger partial charge in [0.15, 0.2) is 0 Å². The summed E-state index contributed by atoms with van der Waals surface area (Å²) >= 11 is 8.94. The van der Waals surface area contributed by atoms with E-state index in [0.717, 1.165) is 11.8 Å². The Morgan fingerprint density at radius 2 is 2.00 bits per heavy atom. The summed E-state index contributed by atoms with van der Waals surface area (Å²) < 4.78 is 5.00. The topological polar surface area (TPSA) is 26.3 Å². The van der Waals surface area contributed by atoms with Gasteiger partial charge in [0.2, 0.25) is 0 Å². The minimum absolute atomic E-state index is 0.303. The summed E-state index contributed by atoms with van der Waals surface area (Å²) in [6.45, 7) is 0.437. The molecule has 0 saturated carbocycles. The highest BCUT2D eigenvalue weighted by Crippen LogP contribution is 2.10. The van der Waals surface area contributed by atoms with Crippen molar-refractivity contribution in [3.05, 3.63) is 34.9 Å². The summed E-state index contributed by atoms with van der Waals surface area (Å²) in [7, 11) is 0. The molecule has 1 aromatic carbocycles. The van der Waals surface area contributed by atoms with Gasteiger partial charge in [0.25, 0.3) is 0 Å². The van der Waals surface area contributed by atoms with Gasteiger partial charge in [-0.15, -0.1) is 0 Å². The third-order valence-electron chi connectivity index (χ3n) is 1.59. The summed E-state index contributed by atoms with van der Waals surface area (Å²) in [5, 5.41) is 1.45. The maximum atomic E-state index is 11.4. The largest absolute Gasteiger partial charge is 0.462 e. The van der Waals surface area contributed by atoms with Gasteiger partial charge < -0.3 is 4.74 Å². The quantitative estimate of drug-likeness (QED) is 0.479. The molecule has 0 aliphatic rings. The smallest absolute Gasteiger partial charge is 0.338 e. The molecule has 1 aromatic rings. The lowest BCUT2D eigenvalue weighted by molar-refractivity contribution is 0.0506. The van der Waals surface area contributed by atoms with E-state index in [9.17, 15) is 4.79 Å². The van der Waals surface area contributed by atoms with Gasteiger partial charge in [-0.25, -0.2) is 4.79 Å². The Labute approximate surface area is 96.3 Å². The highest BCUT2D eigenvalue weighted by molar-refractivity contribution is 9.09. The minimum atomic E-state index is -0.303. The molecule has 0 heterocycles. The number of ether oxygens (including phenoxy) is 1. The maximum Gasteiger partial charge on any atom is 0.338 e. The van der Waals surface area contributed by atoms with E-state index in [0.29, 0.717) is 17.2 Å². The van der Waals surface area contributed by atoms with Gasteiger partial charge in [0.1, 0.15) is 0 Å². The average Bonchev–Trinajstić information content (AvgIpc) is 2.19. The number of hydrogen-bond acceptors (Lipinski definition) is 2. The second-order valence-electron chi connectivity index (χ2n) is 2.69. The van der Waals surface area contributed by atoms with Crippen LogP contribution in [-0.2, 0) is 4.74 Å². The first-order valence-corrected chi connectivity index (χ1v) is 5.72. The Bertz CT molecular complexity index is 297. The molecule has 0 saturated heterocycles. The third-order valence-corrected chi connectivity index (χ3v) is 2.40. The second kappa shape index (κ2) is 6.04. The molecule has 0 N–H and O–H groups in total. The summed E-state index contributed by atoms with van der Waals surface area (Å²) in [5.74, 6) is -0.303. The van der Waals surface area contributed by atoms with Gasteiger partial charge in [0, 0.05) is 10.4 Å². The van der Waals surface area contributed by atoms with Crippen LogP contribution in [0.15, 0.2) is 24.3 Å². The summed E-state index contributed by atoms with van der Waals surface area (Å²) in [4.78, 5) is 11.4. The fourth-order valence-electron chi connectivity index (χ4n) is 0.889. The Morgan fingerprint density at radius 1 is 1.36 bits per heavy atom. The van der Waals surface area contributed by atoms with E-state index in [1.165, 1.54) is 0 Å². The number of halogens is 2. The van der Waals surface area contributed by atoms with Crippen LogP contribution in [0.25, 0.3) is 0 Å². The van der Waals surface area contributed by atoms with Crippen molar-refractivity contribution in [1.82, 2.24) is 0 Å². The van der Waals surface area contributed by atoms with Gasteiger partial charge in [-0.05, 0) is 30.7 Å². The zero-order chi connectivity index (χ0) is 10.4. The molecule has 0 fully saturated rings. The number of carbonyl (C=O) groups is 1. The zero-order valence-corrected chi connectivity index (χ0v) is 9.85. The van der Waals surface area contributed by atoms with Crippen LogP contribution in [0, 0.1) is 0 Å². The number of carbonyl (C=O) groups excluding carboxylic acids is 1. The number of benzene rings is 1. The van der Waals surface area contributed by atoms with E-state index >= 15 is 0 Å². The first kappa shape index (κ1) is 11.5. The number of hydrogen-bond donors (Lipinski definition) is 0. The molecule has 0 spiro atoms. The monoisotopic (exact) mass is 276 g/mol. The maximum absolute atomic E-state index is 11.4. The van der Waals surface area contributed by atoms with Crippen molar-refractivity contribution in [2.24, 2.45) is 0 Å². The molecule has 0 aliphatic carbocycles. The van der Waals surface area contributed by atoms with E-state index in [1.807, 2.05) is 0 Å². The van der Waals surface area contributed by atoms with Gasteiger partial charge in [-0.2, -0.15) is 0 Å². The van der Waals surface area contributed by atoms with Crippen LogP contribution in [0.4, 0.5) is 0 Å². The van der Waals surface area contributed by atoms with Crippen LogP contribution in [0.5, 0.6) is 0 Å². The molecule has 76 valence electrons. The van der Waals surface area contributed by atoms with Crippen LogP contribution >= 0.6 is 27.5 Å². The summed E-state index contributed by atoms with van der Waals surface area (Å²) in [6, 6.07) is 6.64. The van der Waals surface area contributed by atoms with Crippen molar-refractivity contribution in [2.75, 3.05) is 11.9 Å². The normalized spacial score (nSPS) is 9.86. The van der Waals surface area contributed by atoms with Gasteiger partial charge in [-0.1, -0.05) is 27.5 Å². The lowest BCUT2D eigenvalue weighted by atomic mass is 10.2. The standard InChI is InChI=1S/C10H10BrClO2/c11-6-1-7-14-10(13)8-2-4-9(12)5-3-8/h2-5H,1,6-7H2. The first-order valence-electron chi connectivity index (χ1n) is 4.22. The highest BCUT2D eigenvalue weighted by atomic mass is 79.9. The van der Waals surface area contributed by atoms with Crippen molar-refractivity contribution in [1.29, 1.82) is 0 Å². The molecule has 4 heteroatoms. The van der Waals surface area contributed by atoms with E-state index in [1.54, 1.807) is 24.3 Å². The molecule has 2 nitrogen and oxygen atoms in total. The fourth-order valence-corrected chi connectivity index (χ4v) is 1.24. The predicted molar refractivity (Wildman–Crippen MR) is 60.1 cm³/mol. The lowest BCUT2D eigenvalue weighted by Gasteiger charge is -2.02. The van der Waals surface area contributed by atoms with E-state index in [-0.39, 0.29) is 5.97 Å². The Morgan fingerprint density at radius 3 is 2.57 bits per heavy atom. The molecule has 0 atom stereocenters. The Balaban J connectivity index is 2.48. The third kappa shape index (κ3) is 3.68. The van der Waals surface area contributed by atoms with Gasteiger partial charge in [-0.3, -0.25) is 0 Å². The molecule has 0 amide bonds. The zero-order valence-electron chi connectivity index (χ0n) is 7.50. The molecule has 1 rings (SSSR count). The van der Waals surface area contributed by atoms with Crippen LogP contribution in [0.3, 0.4) is 0 Å². The Kier molecular flexibility index (Phi) is 4.98. The molecule has 14 heavy (non-hydrogen) atoms. The van der Waals surface area contributed by atoms with Crippen LogP contribution in [0.1, 0.15) is 16.8 Å². The molecule has 0 radical (unpaired) electrons. The highest BCUT2D eigenvalue weighted by Gasteiger charge is 2.05. The van der Waals surface area contributed by atoms with Crippen molar-refractivity contribution < 1.29 is 9.53 Å². The summed E-state index contributed by atoms with van der Waals surface area (Å²) in [5.41, 5.74) is 0.531. The Hall–Kier alpha value is -0.540. The average molecular weight is 278 g/mol. The van der Waals surface area contributed by atoms with Crippen LogP contribution < -0.4 is 0 Å². The molecule has 0 aromatic heterocycles. The molecule has 0 bridgehead atoms.